The summed E-state index contributed by atoms with van der Waals surface area (Å²) in [6.07, 6.45) is 0. The minimum absolute atomic E-state index is 0.0282. The molecule has 0 aromatic heterocycles. The summed E-state index contributed by atoms with van der Waals surface area (Å²) >= 11 is 0. The summed E-state index contributed by atoms with van der Waals surface area (Å²) in [4.78, 5) is 24.6. The van der Waals surface area contributed by atoms with Crippen LogP contribution in [-0.2, 0) is 4.79 Å². The molecule has 0 aliphatic rings. The molecule has 1 rings (SSSR count). The first-order chi connectivity index (χ1) is 7.93. The van der Waals surface area contributed by atoms with Crippen LogP contribution in [0.1, 0.15) is 15.9 Å². The SMILES string of the molecule is Cc1cccc(N)c1C(=O)NCC(=O)N(C)C. The largest absolute Gasteiger partial charge is 0.398 e. The van der Waals surface area contributed by atoms with Crippen LogP contribution >= 0.6 is 0 Å². The van der Waals surface area contributed by atoms with E-state index in [2.05, 4.69) is 5.32 Å². The highest BCUT2D eigenvalue weighted by Crippen LogP contribution is 2.15. The van der Waals surface area contributed by atoms with Crippen LogP contribution in [0.5, 0.6) is 0 Å². The van der Waals surface area contributed by atoms with Crippen LogP contribution in [0.3, 0.4) is 0 Å². The molecule has 0 saturated heterocycles. The number of nitrogen functional groups attached to an aromatic ring is 1. The third-order valence-corrected chi connectivity index (χ3v) is 2.43. The predicted molar refractivity (Wildman–Crippen MR) is 66.6 cm³/mol. The van der Waals surface area contributed by atoms with Gasteiger partial charge in [0.15, 0.2) is 0 Å². The molecule has 0 unspecified atom stereocenters. The third kappa shape index (κ3) is 3.21. The van der Waals surface area contributed by atoms with Crippen molar-refractivity contribution in [3.8, 4) is 0 Å². The van der Waals surface area contributed by atoms with E-state index >= 15 is 0 Å². The first kappa shape index (κ1) is 13.0. The van der Waals surface area contributed by atoms with Crippen LogP contribution in [0.25, 0.3) is 0 Å². The Morgan fingerprint density at radius 3 is 2.53 bits per heavy atom. The Kier molecular flexibility index (Phi) is 4.09. The Labute approximate surface area is 101 Å². The average molecular weight is 235 g/mol. The number of amides is 2. The quantitative estimate of drug-likeness (QED) is 0.744. The molecule has 0 radical (unpaired) electrons. The van der Waals surface area contributed by atoms with Crippen LogP contribution in [-0.4, -0.2) is 37.4 Å². The Morgan fingerprint density at radius 2 is 2.00 bits per heavy atom. The minimum atomic E-state index is -0.323. The van der Waals surface area contributed by atoms with Crippen LogP contribution < -0.4 is 11.1 Å². The van der Waals surface area contributed by atoms with E-state index in [0.717, 1.165) is 5.56 Å². The molecule has 0 bridgehead atoms. The van der Waals surface area contributed by atoms with Gasteiger partial charge >= 0.3 is 0 Å². The molecular weight excluding hydrogens is 218 g/mol. The molecule has 2 amide bonds. The maximum atomic E-state index is 11.9. The van der Waals surface area contributed by atoms with Gasteiger partial charge in [0.1, 0.15) is 0 Å². The normalized spacial score (nSPS) is 9.82. The average Bonchev–Trinajstić information content (AvgIpc) is 2.25. The van der Waals surface area contributed by atoms with Crippen LogP contribution in [0.4, 0.5) is 5.69 Å². The van der Waals surface area contributed by atoms with E-state index in [9.17, 15) is 9.59 Å². The standard InChI is InChI=1S/C12H17N3O2/c1-8-5-4-6-9(13)11(8)12(17)14-7-10(16)15(2)3/h4-6H,7,13H2,1-3H3,(H,14,17). The van der Waals surface area contributed by atoms with Gasteiger partial charge in [-0.3, -0.25) is 9.59 Å². The summed E-state index contributed by atoms with van der Waals surface area (Å²) in [7, 11) is 3.27. The van der Waals surface area contributed by atoms with E-state index in [0.29, 0.717) is 11.3 Å². The lowest BCUT2D eigenvalue weighted by molar-refractivity contribution is -0.127. The lowest BCUT2D eigenvalue weighted by atomic mass is 10.1. The highest BCUT2D eigenvalue weighted by Gasteiger charge is 2.13. The van der Waals surface area contributed by atoms with Gasteiger partial charge in [-0.2, -0.15) is 0 Å². The van der Waals surface area contributed by atoms with Gasteiger partial charge < -0.3 is 16.0 Å². The second-order valence-corrected chi connectivity index (χ2v) is 4.01. The second-order valence-electron chi connectivity index (χ2n) is 4.01. The van der Waals surface area contributed by atoms with Crippen molar-refractivity contribution in [2.75, 3.05) is 26.4 Å². The van der Waals surface area contributed by atoms with E-state index in [1.165, 1.54) is 4.90 Å². The Bertz CT molecular complexity index is 421. The van der Waals surface area contributed by atoms with E-state index in [1.54, 1.807) is 39.2 Å². The molecule has 1 aromatic carbocycles. The second kappa shape index (κ2) is 5.34. The lowest BCUT2D eigenvalue weighted by Crippen LogP contribution is -2.36. The maximum absolute atomic E-state index is 11.9. The number of hydrogen-bond acceptors (Lipinski definition) is 3. The summed E-state index contributed by atoms with van der Waals surface area (Å²) < 4.78 is 0. The summed E-state index contributed by atoms with van der Waals surface area (Å²) in [6, 6.07) is 5.25. The minimum Gasteiger partial charge on any atom is -0.398 e. The van der Waals surface area contributed by atoms with Gasteiger partial charge in [-0.1, -0.05) is 12.1 Å². The Balaban J connectivity index is 2.74. The lowest BCUT2D eigenvalue weighted by Gasteiger charge is -2.12. The smallest absolute Gasteiger partial charge is 0.254 e. The number of anilines is 1. The maximum Gasteiger partial charge on any atom is 0.254 e. The summed E-state index contributed by atoms with van der Waals surface area (Å²) in [5.74, 6) is -0.485. The number of carbonyl (C=O) groups is 2. The number of likely N-dealkylation sites (N-methyl/N-ethyl adjacent to an activating group) is 1. The van der Waals surface area contributed by atoms with Crippen molar-refractivity contribution in [1.29, 1.82) is 0 Å². The third-order valence-electron chi connectivity index (χ3n) is 2.43. The zero-order chi connectivity index (χ0) is 13.0. The first-order valence-electron chi connectivity index (χ1n) is 5.27. The number of carbonyl (C=O) groups excluding carboxylic acids is 2. The fraction of sp³-hybridized carbons (Fsp3) is 0.333. The molecule has 0 atom stereocenters. The monoisotopic (exact) mass is 235 g/mol. The molecule has 0 spiro atoms. The molecule has 0 fully saturated rings. The van der Waals surface area contributed by atoms with Gasteiger partial charge in [0.25, 0.3) is 5.91 Å². The van der Waals surface area contributed by atoms with Gasteiger partial charge in [0, 0.05) is 19.8 Å². The highest BCUT2D eigenvalue weighted by atomic mass is 16.2. The van der Waals surface area contributed by atoms with Gasteiger partial charge in [-0.15, -0.1) is 0 Å². The molecule has 5 heteroatoms. The number of nitrogens with zero attached hydrogens (tertiary/aromatic N) is 1. The van der Waals surface area contributed by atoms with E-state index in [4.69, 9.17) is 5.73 Å². The molecule has 3 N–H and O–H groups in total. The molecule has 0 aliphatic heterocycles. The van der Waals surface area contributed by atoms with Gasteiger partial charge in [0.2, 0.25) is 5.91 Å². The van der Waals surface area contributed by atoms with Crippen molar-refractivity contribution in [2.45, 2.75) is 6.92 Å². The van der Waals surface area contributed by atoms with Gasteiger partial charge in [0.05, 0.1) is 12.1 Å². The van der Waals surface area contributed by atoms with Crippen LogP contribution in [0, 0.1) is 6.92 Å². The molecule has 0 saturated carbocycles. The van der Waals surface area contributed by atoms with Crippen molar-refractivity contribution < 1.29 is 9.59 Å². The van der Waals surface area contributed by atoms with Crippen molar-refractivity contribution in [2.24, 2.45) is 0 Å². The number of hydrogen-bond donors (Lipinski definition) is 2. The zero-order valence-electron chi connectivity index (χ0n) is 10.3. The van der Waals surface area contributed by atoms with Crippen LogP contribution in [0.15, 0.2) is 18.2 Å². The van der Waals surface area contributed by atoms with E-state index in [-0.39, 0.29) is 18.4 Å². The molecule has 0 aliphatic carbocycles. The molecular formula is C12H17N3O2. The molecule has 17 heavy (non-hydrogen) atoms. The van der Waals surface area contributed by atoms with Gasteiger partial charge in [-0.25, -0.2) is 0 Å². The van der Waals surface area contributed by atoms with Crippen LogP contribution in [0.2, 0.25) is 0 Å². The highest BCUT2D eigenvalue weighted by molar-refractivity contribution is 6.01. The van der Waals surface area contributed by atoms with E-state index in [1.807, 2.05) is 0 Å². The molecule has 5 nitrogen and oxygen atoms in total. The molecule has 1 aromatic rings. The number of nitrogens with one attached hydrogen (secondary N) is 1. The van der Waals surface area contributed by atoms with Crippen molar-refractivity contribution >= 4 is 17.5 Å². The zero-order valence-corrected chi connectivity index (χ0v) is 10.3. The van der Waals surface area contributed by atoms with E-state index < -0.39 is 0 Å². The Hall–Kier alpha value is -2.04. The topological polar surface area (TPSA) is 75.4 Å². The van der Waals surface area contributed by atoms with Crippen molar-refractivity contribution in [3.05, 3.63) is 29.3 Å². The number of rotatable bonds is 3. The summed E-state index contributed by atoms with van der Waals surface area (Å²) in [6.45, 7) is 1.78. The predicted octanol–water partition coefficient (Wildman–Crippen LogP) is 0.395. The van der Waals surface area contributed by atoms with Gasteiger partial charge in [-0.05, 0) is 18.6 Å². The molecule has 92 valence electrons. The van der Waals surface area contributed by atoms with Crippen molar-refractivity contribution in [3.63, 3.8) is 0 Å². The fourth-order valence-corrected chi connectivity index (χ4v) is 1.40. The number of aryl methyl sites for hydroxylation is 1. The summed E-state index contributed by atoms with van der Waals surface area (Å²) in [5.41, 5.74) is 7.37. The Morgan fingerprint density at radius 1 is 1.35 bits per heavy atom. The first-order valence-corrected chi connectivity index (χ1v) is 5.27. The summed E-state index contributed by atoms with van der Waals surface area (Å²) in [5, 5.41) is 2.55. The number of benzene rings is 1. The molecule has 0 heterocycles. The number of nitrogens with two attached hydrogens (primary N) is 1. The van der Waals surface area contributed by atoms with Crippen molar-refractivity contribution in [1.82, 2.24) is 10.2 Å². The fourth-order valence-electron chi connectivity index (χ4n) is 1.40.